The van der Waals surface area contributed by atoms with Gasteiger partial charge in [-0.2, -0.15) is 5.26 Å². The van der Waals surface area contributed by atoms with E-state index in [9.17, 15) is 10.4 Å². The molecule has 1 aliphatic carbocycles. The van der Waals surface area contributed by atoms with E-state index < -0.39 is 11.0 Å². The third-order valence-electron chi connectivity index (χ3n) is 5.39. The van der Waals surface area contributed by atoms with Crippen LogP contribution in [0.2, 0.25) is 0 Å². The first-order valence-electron chi connectivity index (χ1n) is 6.75. The van der Waals surface area contributed by atoms with Crippen LogP contribution in [0.25, 0.3) is 0 Å². The Bertz CT molecular complexity index is 330. The van der Waals surface area contributed by atoms with Gasteiger partial charge in [0.1, 0.15) is 0 Å². The molecule has 96 valence electrons. The summed E-state index contributed by atoms with van der Waals surface area (Å²) in [7, 11) is 0. The summed E-state index contributed by atoms with van der Waals surface area (Å²) in [6.07, 6.45) is 5.37. The zero-order valence-corrected chi connectivity index (χ0v) is 11.0. The maximum atomic E-state index is 11.2. The van der Waals surface area contributed by atoms with Crippen molar-refractivity contribution >= 4 is 0 Å². The molecule has 0 aromatic rings. The predicted octanol–water partition coefficient (Wildman–Crippen LogP) is 2.64. The minimum absolute atomic E-state index is 0.0776. The summed E-state index contributed by atoms with van der Waals surface area (Å²) < 4.78 is 5.44. The summed E-state index contributed by atoms with van der Waals surface area (Å²) in [5.74, 6) is 0. The molecule has 1 saturated carbocycles. The quantitative estimate of drug-likeness (QED) is 0.803. The molecule has 1 N–H and O–H groups in total. The zero-order chi connectivity index (χ0) is 12.6. The van der Waals surface area contributed by atoms with E-state index in [1.165, 1.54) is 0 Å². The van der Waals surface area contributed by atoms with Gasteiger partial charge >= 0.3 is 0 Å². The number of nitrogens with zero attached hydrogens (tertiary/aromatic N) is 1. The third kappa shape index (κ3) is 1.62. The minimum Gasteiger partial charge on any atom is -0.388 e. The van der Waals surface area contributed by atoms with Gasteiger partial charge in [-0.25, -0.2) is 0 Å². The summed E-state index contributed by atoms with van der Waals surface area (Å²) >= 11 is 0. The van der Waals surface area contributed by atoms with Gasteiger partial charge in [0.15, 0.2) is 0 Å². The van der Waals surface area contributed by atoms with Crippen LogP contribution in [0.4, 0.5) is 0 Å². The topological polar surface area (TPSA) is 53.2 Å². The minimum atomic E-state index is -0.826. The van der Waals surface area contributed by atoms with Crippen molar-refractivity contribution in [2.75, 3.05) is 13.2 Å². The highest BCUT2D eigenvalue weighted by Crippen LogP contribution is 2.60. The van der Waals surface area contributed by atoms with E-state index in [1.807, 2.05) is 13.8 Å². The molecule has 2 unspecified atom stereocenters. The summed E-state index contributed by atoms with van der Waals surface area (Å²) in [5, 5.41) is 20.7. The molecule has 0 bridgehead atoms. The molecule has 1 saturated heterocycles. The van der Waals surface area contributed by atoms with Crippen LogP contribution in [-0.2, 0) is 4.74 Å². The highest BCUT2D eigenvalue weighted by molar-refractivity contribution is 5.18. The molecule has 1 aliphatic heterocycles. The number of hydrogen-bond acceptors (Lipinski definition) is 3. The van der Waals surface area contributed by atoms with Gasteiger partial charge in [-0.05, 0) is 45.4 Å². The average Bonchev–Trinajstić information content (AvgIpc) is 2.68. The van der Waals surface area contributed by atoms with Crippen LogP contribution in [0.5, 0.6) is 0 Å². The van der Waals surface area contributed by atoms with Gasteiger partial charge in [0.05, 0.1) is 17.1 Å². The molecule has 0 aromatic heterocycles. The van der Waals surface area contributed by atoms with E-state index in [0.717, 1.165) is 45.3 Å². The van der Waals surface area contributed by atoms with Crippen LogP contribution in [0, 0.1) is 22.2 Å². The van der Waals surface area contributed by atoms with Crippen LogP contribution in [0.1, 0.15) is 52.4 Å². The molecule has 0 aromatic carbocycles. The second kappa shape index (κ2) is 4.26. The molecule has 0 radical (unpaired) electrons. The number of nitriles is 1. The second-order valence-electron chi connectivity index (χ2n) is 5.90. The Morgan fingerprint density at radius 3 is 2.47 bits per heavy atom. The molecule has 1 spiro atoms. The first kappa shape index (κ1) is 12.9. The summed E-state index contributed by atoms with van der Waals surface area (Å²) in [5.41, 5.74) is -1.53. The SMILES string of the molecule is CCC(C)(C#N)C1(O)CCCC12CCOCC2. The smallest absolute Gasteiger partial charge is 0.0887 e. The van der Waals surface area contributed by atoms with E-state index >= 15 is 0 Å². The Balaban J connectivity index is 2.38. The Labute approximate surface area is 104 Å². The van der Waals surface area contributed by atoms with Gasteiger partial charge in [-0.1, -0.05) is 6.92 Å². The van der Waals surface area contributed by atoms with E-state index in [4.69, 9.17) is 4.74 Å². The van der Waals surface area contributed by atoms with Gasteiger partial charge in [-0.3, -0.25) is 0 Å². The molecule has 2 fully saturated rings. The molecule has 3 heteroatoms. The van der Waals surface area contributed by atoms with Crippen LogP contribution in [-0.4, -0.2) is 23.9 Å². The van der Waals surface area contributed by atoms with Gasteiger partial charge in [0.2, 0.25) is 0 Å². The first-order valence-corrected chi connectivity index (χ1v) is 6.75. The fourth-order valence-electron chi connectivity index (χ4n) is 3.91. The zero-order valence-electron chi connectivity index (χ0n) is 11.0. The lowest BCUT2D eigenvalue weighted by Crippen LogP contribution is -2.56. The van der Waals surface area contributed by atoms with Crippen molar-refractivity contribution in [2.24, 2.45) is 10.8 Å². The predicted molar refractivity (Wildman–Crippen MR) is 65.3 cm³/mol. The highest BCUT2D eigenvalue weighted by atomic mass is 16.5. The summed E-state index contributed by atoms with van der Waals surface area (Å²) in [6, 6.07) is 2.39. The maximum absolute atomic E-state index is 11.2. The third-order valence-corrected chi connectivity index (χ3v) is 5.39. The number of aliphatic hydroxyl groups is 1. The molecular weight excluding hydrogens is 214 g/mol. The van der Waals surface area contributed by atoms with E-state index in [0.29, 0.717) is 6.42 Å². The fraction of sp³-hybridized carbons (Fsp3) is 0.929. The van der Waals surface area contributed by atoms with Crippen molar-refractivity contribution in [1.29, 1.82) is 5.26 Å². The first-order chi connectivity index (χ1) is 8.04. The van der Waals surface area contributed by atoms with Gasteiger partial charge < -0.3 is 9.84 Å². The van der Waals surface area contributed by atoms with Crippen molar-refractivity contribution < 1.29 is 9.84 Å². The molecule has 1 heterocycles. The van der Waals surface area contributed by atoms with Crippen molar-refractivity contribution in [3.8, 4) is 6.07 Å². The molecule has 2 rings (SSSR count). The standard InChI is InChI=1S/C14H23NO2/c1-3-12(2,11-15)14(16)6-4-5-13(14)7-9-17-10-8-13/h16H,3-10H2,1-2H3. The van der Waals surface area contributed by atoms with Crippen molar-refractivity contribution in [2.45, 2.75) is 58.0 Å². The molecule has 3 nitrogen and oxygen atoms in total. The van der Waals surface area contributed by atoms with E-state index in [1.54, 1.807) is 0 Å². The van der Waals surface area contributed by atoms with Gasteiger partial charge in [0, 0.05) is 18.6 Å². The van der Waals surface area contributed by atoms with Gasteiger partial charge in [-0.15, -0.1) is 0 Å². The Kier molecular flexibility index (Phi) is 3.22. The van der Waals surface area contributed by atoms with Crippen molar-refractivity contribution in [3.05, 3.63) is 0 Å². The maximum Gasteiger partial charge on any atom is 0.0887 e. The Morgan fingerprint density at radius 1 is 1.29 bits per heavy atom. The lowest BCUT2D eigenvalue weighted by molar-refractivity contribution is -0.163. The number of rotatable bonds is 2. The normalized spacial score (nSPS) is 35.4. The molecule has 2 aliphatic rings. The lowest BCUT2D eigenvalue weighted by Gasteiger charge is -2.51. The summed E-state index contributed by atoms with van der Waals surface area (Å²) in [4.78, 5) is 0. The Hall–Kier alpha value is -0.590. The summed E-state index contributed by atoms with van der Waals surface area (Å²) in [6.45, 7) is 5.39. The van der Waals surface area contributed by atoms with Gasteiger partial charge in [0.25, 0.3) is 0 Å². The number of ether oxygens (including phenoxy) is 1. The molecule has 17 heavy (non-hydrogen) atoms. The van der Waals surface area contributed by atoms with Crippen LogP contribution in [0.3, 0.4) is 0 Å². The lowest BCUT2D eigenvalue weighted by atomic mass is 9.57. The van der Waals surface area contributed by atoms with E-state index in [-0.39, 0.29) is 5.41 Å². The average molecular weight is 237 g/mol. The molecular formula is C14H23NO2. The number of hydrogen-bond donors (Lipinski definition) is 1. The van der Waals surface area contributed by atoms with E-state index in [2.05, 4.69) is 6.07 Å². The Morgan fingerprint density at radius 2 is 1.94 bits per heavy atom. The van der Waals surface area contributed by atoms with Crippen LogP contribution >= 0.6 is 0 Å². The highest BCUT2D eigenvalue weighted by Gasteiger charge is 2.62. The monoisotopic (exact) mass is 237 g/mol. The van der Waals surface area contributed by atoms with Crippen LogP contribution < -0.4 is 0 Å². The van der Waals surface area contributed by atoms with Crippen molar-refractivity contribution in [3.63, 3.8) is 0 Å². The van der Waals surface area contributed by atoms with Crippen molar-refractivity contribution in [1.82, 2.24) is 0 Å². The largest absolute Gasteiger partial charge is 0.388 e. The molecule has 2 atom stereocenters. The molecule has 0 amide bonds. The van der Waals surface area contributed by atoms with Crippen LogP contribution in [0.15, 0.2) is 0 Å². The fourth-order valence-corrected chi connectivity index (χ4v) is 3.91. The second-order valence-corrected chi connectivity index (χ2v) is 5.90.